The predicted octanol–water partition coefficient (Wildman–Crippen LogP) is 5.39. The maximum absolute atomic E-state index is 13.0. The Kier molecular flexibility index (Phi) is 5.06. The van der Waals surface area contributed by atoms with Gasteiger partial charge < -0.3 is 29.9 Å². The lowest BCUT2D eigenvalue weighted by atomic mass is 9.92. The molecule has 0 atom stereocenters. The minimum atomic E-state index is -0.471. The van der Waals surface area contributed by atoms with Crippen LogP contribution in [0, 0.1) is 27.7 Å². The van der Waals surface area contributed by atoms with E-state index in [1.165, 1.54) is 36.4 Å². The number of hydrogen-bond acceptors (Lipinski definition) is 8. The van der Waals surface area contributed by atoms with Gasteiger partial charge in [-0.15, -0.1) is 0 Å². The Hall–Kier alpha value is -4.72. The number of rotatable bonds is 2. The van der Waals surface area contributed by atoms with Crippen LogP contribution in [0.15, 0.2) is 45.6 Å². The second-order valence-corrected chi connectivity index (χ2v) is 9.01. The van der Waals surface area contributed by atoms with Crippen LogP contribution in [-0.2, 0) is 0 Å². The molecule has 0 radical (unpaired) electrons. The lowest BCUT2D eigenvalue weighted by Crippen LogP contribution is -2.10. The van der Waals surface area contributed by atoms with Gasteiger partial charge in [-0.2, -0.15) is 0 Å². The fourth-order valence-electron chi connectivity index (χ4n) is 4.88. The van der Waals surface area contributed by atoms with E-state index >= 15 is 0 Å². The molecule has 8 nitrogen and oxygen atoms in total. The first-order chi connectivity index (χ1) is 17.0. The van der Waals surface area contributed by atoms with Gasteiger partial charge in [0.25, 0.3) is 0 Å². The summed E-state index contributed by atoms with van der Waals surface area (Å²) in [6.07, 6.45) is 0. The monoisotopic (exact) mass is 485 g/mol. The van der Waals surface area contributed by atoms with Gasteiger partial charge in [-0.3, -0.25) is 4.79 Å². The van der Waals surface area contributed by atoms with Gasteiger partial charge >= 0.3 is 0 Å². The minimum absolute atomic E-state index is 0.0136. The van der Waals surface area contributed by atoms with Gasteiger partial charge in [-0.25, -0.2) is 4.98 Å². The first kappa shape index (κ1) is 23.0. The zero-order valence-corrected chi connectivity index (χ0v) is 20.0. The SMILES string of the molecule is Cc1cc(O)c(-c2c(C)c3nc4c(C)c(-c5c(C)cc(O)cc5O)c(O)cc4oc-3cc2=O)c(O)c1. The van der Waals surface area contributed by atoms with Gasteiger partial charge in [-0.05, 0) is 68.1 Å². The second kappa shape index (κ2) is 7.91. The van der Waals surface area contributed by atoms with E-state index in [1.54, 1.807) is 27.7 Å². The van der Waals surface area contributed by atoms with Gasteiger partial charge in [0.1, 0.15) is 40.0 Å². The predicted molar refractivity (Wildman–Crippen MR) is 135 cm³/mol. The lowest BCUT2D eigenvalue weighted by molar-refractivity contribution is 0.449. The molecule has 1 heterocycles. The molecule has 1 aliphatic carbocycles. The van der Waals surface area contributed by atoms with Crippen molar-refractivity contribution in [3.05, 3.63) is 68.9 Å². The third-order valence-corrected chi connectivity index (χ3v) is 6.44. The van der Waals surface area contributed by atoms with Gasteiger partial charge in [-0.1, -0.05) is 0 Å². The molecule has 3 aromatic carbocycles. The first-order valence-corrected chi connectivity index (χ1v) is 11.1. The summed E-state index contributed by atoms with van der Waals surface area (Å²) in [4.78, 5) is 17.8. The summed E-state index contributed by atoms with van der Waals surface area (Å²) in [5, 5.41) is 52.2. The molecule has 1 aliphatic heterocycles. The molecule has 3 aromatic rings. The molecule has 0 spiro atoms. The highest BCUT2D eigenvalue weighted by atomic mass is 16.3. The molecule has 0 saturated carbocycles. The second-order valence-electron chi connectivity index (χ2n) is 9.01. The van der Waals surface area contributed by atoms with Gasteiger partial charge in [0.05, 0.1) is 5.56 Å². The van der Waals surface area contributed by atoms with Crippen LogP contribution in [0.2, 0.25) is 0 Å². The van der Waals surface area contributed by atoms with E-state index in [4.69, 9.17) is 9.40 Å². The summed E-state index contributed by atoms with van der Waals surface area (Å²) >= 11 is 0. The molecule has 0 bridgehead atoms. The zero-order chi connectivity index (χ0) is 26.0. The minimum Gasteiger partial charge on any atom is -0.508 e. The van der Waals surface area contributed by atoms with E-state index < -0.39 is 5.43 Å². The van der Waals surface area contributed by atoms with Crippen LogP contribution in [0.25, 0.3) is 44.8 Å². The van der Waals surface area contributed by atoms with E-state index in [2.05, 4.69) is 0 Å². The molecular weight excluding hydrogens is 462 g/mol. The maximum atomic E-state index is 13.0. The van der Waals surface area contributed by atoms with Gasteiger partial charge in [0.15, 0.2) is 16.8 Å². The summed E-state index contributed by atoms with van der Waals surface area (Å²) in [5.41, 5.74) is 3.34. The number of aromatic hydroxyl groups is 5. The van der Waals surface area contributed by atoms with Crippen LogP contribution in [0.1, 0.15) is 22.3 Å². The summed E-state index contributed by atoms with van der Waals surface area (Å²) in [7, 11) is 0. The Labute approximate surface area is 205 Å². The van der Waals surface area contributed by atoms with Crippen molar-refractivity contribution in [1.82, 2.24) is 4.98 Å². The Morgan fingerprint density at radius 2 is 1.28 bits per heavy atom. The number of hydrogen-bond donors (Lipinski definition) is 5. The van der Waals surface area contributed by atoms with Crippen molar-refractivity contribution in [2.75, 3.05) is 0 Å². The van der Waals surface area contributed by atoms with E-state index in [0.29, 0.717) is 44.6 Å². The average molecular weight is 485 g/mol. The largest absolute Gasteiger partial charge is 0.508 e. The topological polar surface area (TPSA) is 144 Å². The molecule has 0 saturated heterocycles. The number of aryl methyl sites for hydroxylation is 3. The summed E-state index contributed by atoms with van der Waals surface area (Å²) in [6, 6.07) is 8.18. The molecule has 8 heteroatoms. The van der Waals surface area contributed by atoms with Crippen molar-refractivity contribution < 1.29 is 29.9 Å². The highest BCUT2D eigenvalue weighted by Crippen LogP contribution is 2.46. The number of aromatic nitrogens is 1. The molecule has 2 aliphatic rings. The molecule has 0 unspecified atom stereocenters. The van der Waals surface area contributed by atoms with Crippen LogP contribution >= 0.6 is 0 Å². The number of benzene rings is 4. The molecule has 36 heavy (non-hydrogen) atoms. The van der Waals surface area contributed by atoms with Crippen LogP contribution in [0.5, 0.6) is 28.7 Å². The van der Waals surface area contributed by atoms with Crippen LogP contribution in [0.4, 0.5) is 0 Å². The summed E-state index contributed by atoms with van der Waals surface area (Å²) < 4.78 is 5.96. The number of nitrogens with zero attached hydrogens (tertiary/aromatic N) is 1. The van der Waals surface area contributed by atoms with E-state index in [-0.39, 0.29) is 51.2 Å². The van der Waals surface area contributed by atoms with Crippen LogP contribution < -0.4 is 5.43 Å². The summed E-state index contributed by atoms with van der Waals surface area (Å²) in [5.74, 6) is -0.764. The van der Waals surface area contributed by atoms with Crippen molar-refractivity contribution >= 4 is 11.1 Å². The average Bonchev–Trinajstić information content (AvgIpc) is 2.76. The Bertz CT molecular complexity index is 1700. The highest BCUT2D eigenvalue weighted by Gasteiger charge is 2.25. The smallest absolute Gasteiger partial charge is 0.190 e. The Morgan fingerprint density at radius 3 is 1.92 bits per heavy atom. The quantitative estimate of drug-likeness (QED) is 0.209. The van der Waals surface area contributed by atoms with Crippen LogP contribution in [-0.4, -0.2) is 30.5 Å². The molecular formula is C28H23NO7. The summed E-state index contributed by atoms with van der Waals surface area (Å²) in [6.45, 7) is 6.78. The van der Waals surface area contributed by atoms with Crippen LogP contribution in [0.3, 0.4) is 0 Å². The highest BCUT2D eigenvalue weighted by molar-refractivity contribution is 5.94. The molecule has 0 amide bonds. The standard InChI is InChI=1S/C28H23NO7/c1-11-5-16(31)26(17(32)6-11)25-14(4)28-22(10-20(25)35)36-21-9-19(34)24(13(3)27(21)29-28)23-12(2)7-15(30)8-18(23)33/h5-10,30-34H,1-4H3. The molecule has 0 aromatic heterocycles. The third kappa shape index (κ3) is 3.38. The molecule has 5 N–H and O–H groups in total. The van der Waals surface area contributed by atoms with E-state index in [9.17, 15) is 30.3 Å². The number of fused-ring (bicyclic) bond motifs is 2. The first-order valence-electron chi connectivity index (χ1n) is 11.1. The van der Waals surface area contributed by atoms with Gasteiger partial charge in [0, 0.05) is 34.9 Å². The molecule has 5 rings (SSSR count). The maximum Gasteiger partial charge on any atom is 0.190 e. The van der Waals surface area contributed by atoms with Crippen molar-refractivity contribution in [2.45, 2.75) is 27.7 Å². The molecule has 182 valence electrons. The third-order valence-electron chi connectivity index (χ3n) is 6.44. The Balaban J connectivity index is 1.85. The fourth-order valence-corrected chi connectivity index (χ4v) is 4.88. The van der Waals surface area contributed by atoms with E-state index in [1.807, 2.05) is 0 Å². The fraction of sp³-hybridized carbons (Fsp3) is 0.143. The van der Waals surface area contributed by atoms with E-state index in [0.717, 1.165) is 0 Å². The lowest BCUT2D eigenvalue weighted by Gasteiger charge is -2.18. The normalized spacial score (nSPS) is 11.4. The van der Waals surface area contributed by atoms with Crippen molar-refractivity contribution in [2.24, 2.45) is 0 Å². The van der Waals surface area contributed by atoms with Crippen molar-refractivity contribution in [1.29, 1.82) is 0 Å². The number of phenols is 5. The number of phenolic OH excluding ortho intramolecular Hbond substituents is 5. The van der Waals surface area contributed by atoms with Crippen molar-refractivity contribution in [3.8, 4) is 62.5 Å². The zero-order valence-electron chi connectivity index (χ0n) is 20.0. The molecule has 0 fully saturated rings. The van der Waals surface area contributed by atoms with Crippen molar-refractivity contribution in [3.63, 3.8) is 0 Å². The van der Waals surface area contributed by atoms with Gasteiger partial charge in [0.2, 0.25) is 0 Å². The Morgan fingerprint density at radius 1 is 0.667 bits per heavy atom.